The Balaban J connectivity index is 2.35. The fourth-order valence-electron chi connectivity index (χ4n) is 1.36. The number of hydrogen-bond donors (Lipinski definition) is 1. The second-order valence-electron chi connectivity index (χ2n) is 3.29. The average Bonchev–Trinajstić information content (AvgIpc) is 2.17. The van der Waals surface area contributed by atoms with Crippen LogP contribution in [0, 0.1) is 0 Å². The molecule has 2 rings (SSSR count). The van der Waals surface area contributed by atoms with Crippen LogP contribution < -0.4 is 5.73 Å². The van der Waals surface area contributed by atoms with E-state index in [-0.39, 0.29) is 6.04 Å². The van der Waals surface area contributed by atoms with E-state index < -0.39 is 0 Å². The van der Waals surface area contributed by atoms with Crippen LogP contribution in [0.1, 0.15) is 30.0 Å². The molecule has 1 aromatic rings. The molecule has 2 heterocycles. The first-order chi connectivity index (χ1) is 6.27. The zero-order valence-corrected chi connectivity index (χ0v) is 7.66. The molecule has 1 atom stereocenters. The molecule has 0 saturated carbocycles. The number of aromatic nitrogens is 2. The van der Waals surface area contributed by atoms with Crippen molar-refractivity contribution in [3.63, 3.8) is 0 Å². The van der Waals surface area contributed by atoms with Crippen molar-refractivity contribution >= 4 is 0 Å². The van der Waals surface area contributed by atoms with Crippen LogP contribution in [-0.4, -0.2) is 16.6 Å². The highest BCUT2D eigenvalue weighted by Gasteiger charge is 2.13. The lowest BCUT2D eigenvalue weighted by atomic mass is 10.1. The van der Waals surface area contributed by atoms with E-state index in [0.29, 0.717) is 12.4 Å². The molecule has 1 aromatic heterocycles. The molecule has 0 amide bonds. The van der Waals surface area contributed by atoms with E-state index in [1.807, 2.05) is 13.1 Å². The van der Waals surface area contributed by atoms with Crippen molar-refractivity contribution in [2.75, 3.05) is 6.61 Å². The van der Waals surface area contributed by atoms with Crippen LogP contribution in [-0.2, 0) is 17.8 Å². The van der Waals surface area contributed by atoms with E-state index in [1.165, 1.54) is 5.56 Å². The van der Waals surface area contributed by atoms with Crippen LogP contribution >= 0.6 is 0 Å². The lowest BCUT2D eigenvalue weighted by Gasteiger charge is -2.16. The van der Waals surface area contributed by atoms with Crippen LogP contribution in [0.4, 0.5) is 0 Å². The summed E-state index contributed by atoms with van der Waals surface area (Å²) in [7, 11) is 0. The number of hydrogen-bond acceptors (Lipinski definition) is 4. The minimum Gasteiger partial charge on any atom is -0.375 e. The molecule has 1 aliphatic rings. The maximum absolute atomic E-state index is 5.68. The fraction of sp³-hybridized carbons (Fsp3) is 0.556. The summed E-state index contributed by atoms with van der Waals surface area (Å²) in [6, 6.07) is -0.104. The predicted octanol–water partition coefficient (Wildman–Crippen LogP) is 0.569. The fourth-order valence-corrected chi connectivity index (χ4v) is 1.36. The number of nitrogens with zero attached hydrogens (tertiary/aromatic N) is 2. The van der Waals surface area contributed by atoms with E-state index in [4.69, 9.17) is 10.5 Å². The van der Waals surface area contributed by atoms with Gasteiger partial charge >= 0.3 is 0 Å². The molecule has 1 unspecified atom stereocenters. The highest BCUT2D eigenvalue weighted by Crippen LogP contribution is 2.14. The van der Waals surface area contributed by atoms with E-state index in [1.54, 1.807) is 0 Å². The molecule has 2 N–H and O–H groups in total. The summed E-state index contributed by atoms with van der Waals surface area (Å²) in [6.45, 7) is 3.25. The third-order valence-corrected chi connectivity index (χ3v) is 2.13. The van der Waals surface area contributed by atoms with Crippen LogP contribution in [0.3, 0.4) is 0 Å². The smallest absolute Gasteiger partial charge is 0.145 e. The van der Waals surface area contributed by atoms with Gasteiger partial charge in [0.1, 0.15) is 5.82 Å². The summed E-state index contributed by atoms with van der Waals surface area (Å²) < 4.78 is 5.30. The second-order valence-corrected chi connectivity index (χ2v) is 3.29. The van der Waals surface area contributed by atoms with Gasteiger partial charge in [0, 0.05) is 6.20 Å². The van der Waals surface area contributed by atoms with Gasteiger partial charge in [0.25, 0.3) is 0 Å². The first-order valence-corrected chi connectivity index (χ1v) is 4.45. The Morgan fingerprint density at radius 3 is 3.23 bits per heavy atom. The topological polar surface area (TPSA) is 61.0 Å². The van der Waals surface area contributed by atoms with Gasteiger partial charge in [-0.25, -0.2) is 9.97 Å². The average molecular weight is 179 g/mol. The number of ether oxygens (including phenoxy) is 1. The molecule has 0 aromatic carbocycles. The van der Waals surface area contributed by atoms with E-state index in [0.717, 1.165) is 18.7 Å². The van der Waals surface area contributed by atoms with Gasteiger partial charge in [0.05, 0.1) is 24.9 Å². The van der Waals surface area contributed by atoms with Crippen molar-refractivity contribution in [1.82, 2.24) is 9.97 Å². The van der Waals surface area contributed by atoms with Crippen molar-refractivity contribution in [1.29, 1.82) is 0 Å². The SMILES string of the molecule is CC(N)c1ncc2c(n1)COCC2. The van der Waals surface area contributed by atoms with Crippen molar-refractivity contribution < 1.29 is 4.74 Å². The molecule has 1 aliphatic heterocycles. The van der Waals surface area contributed by atoms with Gasteiger partial charge in [-0.1, -0.05) is 0 Å². The highest BCUT2D eigenvalue weighted by atomic mass is 16.5. The normalized spacial score (nSPS) is 18.0. The van der Waals surface area contributed by atoms with Crippen molar-refractivity contribution in [2.24, 2.45) is 5.73 Å². The first-order valence-electron chi connectivity index (χ1n) is 4.45. The van der Waals surface area contributed by atoms with Crippen LogP contribution in [0.2, 0.25) is 0 Å². The van der Waals surface area contributed by atoms with Crippen LogP contribution in [0.25, 0.3) is 0 Å². The molecule has 70 valence electrons. The molecule has 0 fully saturated rings. The lowest BCUT2D eigenvalue weighted by Crippen LogP contribution is -2.17. The molecule has 4 nitrogen and oxygen atoms in total. The minimum atomic E-state index is -0.104. The van der Waals surface area contributed by atoms with E-state index in [9.17, 15) is 0 Å². The van der Waals surface area contributed by atoms with Gasteiger partial charge in [-0.2, -0.15) is 0 Å². The number of rotatable bonds is 1. The lowest BCUT2D eigenvalue weighted by molar-refractivity contribution is 0.107. The van der Waals surface area contributed by atoms with Gasteiger partial charge < -0.3 is 10.5 Å². The quantitative estimate of drug-likeness (QED) is 0.684. The van der Waals surface area contributed by atoms with Gasteiger partial charge in [0.15, 0.2) is 0 Å². The molecule has 0 saturated heterocycles. The molecule has 13 heavy (non-hydrogen) atoms. The van der Waals surface area contributed by atoms with Crippen molar-refractivity contribution in [3.05, 3.63) is 23.3 Å². The Hall–Kier alpha value is -1.00. The summed E-state index contributed by atoms with van der Waals surface area (Å²) in [6.07, 6.45) is 2.78. The Bertz CT molecular complexity index is 312. The monoisotopic (exact) mass is 179 g/mol. The van der Waals surface area contributed by atoms with Gasteiger partial charge in [-0.3, -0.25) is 0 Å². The maximum Gasteiger partial charge on any atom is 0.145 e. The minimum absolute atomic E-state index is 0.104. The predicted molar refractivity (Wildman–Crippen MR) is 48.0 cm³/mol. The largest absolute Gasteiger partial charge is 0.375 e. The van der Waals surface area contributed by atoms with Crippen molar-refractivity contribution in [2.45, 2.75) is 26.0 Å². The molecular weight excluding hydrogens is 166 g/mol. The summed E-state index contributed by atoms with van der Waals surface area (Å²) >= 11 is 0. The Kier molecular flexibility index (Phi) is 2.24. The molecule has 0 radical (unpaired) electrons. The molecule has 0 spiro atoms. The zero-order valence-electron chi connectivity index (χ0n) is 7.66. The second kappa shape index (κ2) is 3.40. The summed E-state index contributed by atoms with van der Waals surface area (Å²) in [5.41, 5.74) is 7.87. The molecule has 0 bridgehead atoms. The third kappa shape index (κ3) is 1.68. The number of nitrogens with two attached hydrogens (primary N) is 1. The Morgan fingerprint density at radius 2 is 2.46 bits per heavy atom. The Labute approximate surface area is 77.1 Å². The van der Waals surface area contributed by atoms with E-state index >= 15 is 0 Å². The summed E-state index contributed by atoms with van der Waals surface area (Å²) in [5.74, 6) is 0.698. The van der Waals surface area contributed by atoms with Crippen LogP contribution in [0.15, 0.2) is 6.20 Å². The highest BCUT2D eigenvalue weighted by molar-refractivity contribution is 5.19. The van der Waals surface area contributed by atoms with Gasteiger partial charge in [0.2, 0.25) is 0 Å². The molecule has 4 heteroatoms. The van der Waals surface area contributed by atoms with E-state index in [2.05, 4.69) is 9.97 Å². The molecule has 0 aliphatic carbocycles. The Morgan fingerprint density at radius 1 is 1.62 bits per heavy atom. The van der Waals surface area contributed by atoms with Crippen molar-refractivity contribution in [3.8, 4) is 0 Å². The van der Waals surface area contributed by atoms with Gasteiger partial charge in [-0.15, -0.1) is 0 Å². The van der Waals surface area contributed by atoms with Gasteiger partial charge in [-0.05, 0) is 18.9 Å². The zero-order chi connectivity index (χ0) is 9.26. The molecular formula is C9H13N3O. The summed E-state index contributed by atoms with van der Waals surface area (Å²) in [5, 5.41) is 0. The van der Waals surface area contributed by atoms with Crippen LogP contribution in [0.5, 0.6) is 0 Å². The number of fused-ring (bicyclic) bond motifs is 1. The maximum atomic E-state index is 5.68. The first kappa shape index (κ1) is 8.59. The standard InChI is InChI=1S/C9H13N3O/c1-6(10)9-11-4-7-2-3-13-5-8(7)12-9/h4,6H,2-3,5,10H2,1H3. The third-order valence-electron chi connectivity index (χ3n) is 2.13. The summed E-state index contributed by atoms with van der Waals surface area (Å²) in [4.78, 5) is 8.55.